The summed E-state index contributed by atoms with van der Waals surface area (Å²) in [6, 6.07) is 13.4. The van der Waals surface area contributed by atoms with Gasteiger partial charge in [-0.2, -0.15) is 5.10 Å². The van der Waals surface area contributed by atoms with Crippen LogP contribution in [0.1, 0.15) is 5.56 Å². The van der Waals surface area contributed by atoms with Crippen LogP contribution < -0.4 is 16.4 Å². The van der Waals surface area contributed by atoms with Crippen molar-refractivity contribution in [3.63, 3.8) is 0 Å². The number of nitrogens with one attached hydrogen (secondary N) is 2. The van der Waals surface area contributed by atoms with E-state index in [-0.39, 0.29) is 5.82 Å². The summed E-state index contributed by atoms with van der Waals surface area (Å²) in [6.07, 6.45) is 5.36. The Labute approximate surface area is 201 Å². The van der Waals surface area contributed by atoms with E-state index in [1.165, 1.54) is 0 Å². The molecule has 0 fully saturated rings. The summed E-state index contributed by atoms with van der Waals surface area (Å²) in [5, 5.41) is 12.2. The lowest BCUT2D eigenvalue weighted by atomic mass is 10.0. The summed E-state index contributed by atoms with van der Waals surface area (Å²) < 4.78 is 1.71. The van der Waals surface area contributed by atoms with E-state index in [4.69, 9.17) is 22.3 Å². The van der Waals surface area contributed by atoms with Crippen molar-refractivity contribution in [2.75, 3.05) is 23.4 Å². The molecule has 4 heterocycles. The van der Waals surface area contributed by atoms with Gasteiger partial charge in [0.1, 0.15) is 22.9 Å². The van der Waals surface area contributed by atoms with Gasteiger partial charge in [0, 0.05) is 50.2 Å². The van der Waals surface area contributed by atoms with E-state index in [0.29, 0.717) is 34.5 Å². The van der Waals surface area contributed by atoms with Gasteiger partial charge in [-0.15, -0.1) is 0 Å². The molecule has 170 valence electrons. The zero-order valence-electron chi connectivity index (χ0n) is 18.6. The lowest BCUT2D eigenvalue weighted by Gasteiger charge is -2.14. The van der Waals surface area contributed by atoms with Gasteiger partial charge in [-0.05, 0) is 35.9 Å². The fraction of sp³-hybridized carbons (Fsp3) is 0.125. The molecule has 0 aliphatic rings. The summed E-state index contributed by atoms with van der Waals surface area (Å²) in [5.41, 5.74) is 10.7. The zero-order chi connectivity index (χ0) is 23.7. The van der Waals surface area contributed by atoms with E-state index < -0.39 is 0 Å². The number of nitrogens with two attached hydrogens (primary N) is 1. The summed E-state index contributed by atoms with van der Waals surface area (Å²) in [6.45, 7) is 0.487. The minimum atomic E-state index is 0.276. The molecule has 0 aliphatic heterocycles. The molecule has 0 unspecified atom stereocenters. The molecule has 5 rings (SSSR count). The highest BCUT2D eigenvalue weighted by atomic mass is 35.5. The maximum Gasteiger partial charge on any atom is 0.169 e. The Morgan fingerprint density at radius 1 is 1.06 bits per heavy atom. The molecule has 10 heteroatoms. The van der Waals surface area contributed by atoms with Crippen LogP contribution >= 0.6 is 11.6 Å². The van der Waals surface area contributed by atoms with Crippen molar-refractivity contribution >= 4 is 40.0 Å². The highest BCUT2D eigenvalue weighted by Gasteiger charge is 2.19. The predicted molar refractivity (Wildman–Crippen MR) is 136 cm³/mol. The molecule has 4 N–H and O–H groups in total. The van der Waals surface area contributed by atoms with Gasteiger partial charge in [0.15, 0.2) is 11.6 Å². The molecule has 0 saturated carbocycles. The van der Waals surface area contributed by atoms with Crippen LogP contribution in [0.15, 0.2) is 61.1 Å². The van der Waals surface area contributed by atoms with Crippen molar-refractivity contribution in [2.45, 2.75) is 6.54 Å². The van der Waals surface area contributed by atoms with Gasteiger partial charge in [-0.1, -0.05) is 23.7 Å². The Morgan fingerprint density at radius 3 is 2.68 bits per heavy atom. The number of anilines is 3. The van der Waals surface area contributed by atoms with E-state index in [2.05, 4.69) is 30.7 Å². The summed E-state index contributed by atoms with van der Waals surface area (Å²) in [4.78, 5) is 18.3. The van der Waals surface area contributed by atoms with Gasteiger partial charge in [-0.25, -0.2) is 15.0 Å². The Kier molecular flexibility index (Phi) is 5.69. The molecular weight excluding hydrogens is 450 g/mol. The minimum absolute atomic E-state index is 0.276. The van der Waals surface area contributed by atoms with Crippen molar-refractivity contribution in [2.24, 2.45) is 7.05 Å². The number of fused-ring (bicyclic) bond motifs is 1. The number of nitrogens with zero attached hydrogens (tertiary/aromatic N) is 6. The van der Waals surface area contributed by atoms with Gasteiger partial charge in [0.2, 0.25) is 0 Å². The minimum Gasteiger partial charge on any atom is -0.381 e. The molecule has 4 aromatic heterocycles. The average Bonchev–Trinajstić information content (AvgIpc) is 3.29. The van der Waals surface area contributed by atoms with Gasteiger partial charge >= 0.3 is 0 Å². The van der Waals surface area contributed by atoms with Crippen molar-refractivity contribution in [3.8, 4) is 22.6 Å². The topological polar surface area (TPSA) is 119 Å². The quantitative estimate of drug-likeness (QED) is 0.334. The number of nitrogen functional groups attached to an aromatic ring is 1. The van der Waals surface area contributed by atoms with Crippen LogP contribution in [0.25, 0.3) is 33.5 Å². The predicted octanol–water partition coefficient (Wildman–Crippen LogP) is 4.38. The largest absolute Gasteiger partial charge is 0.381 e. The fourth-order valence-corrected chi connectivity index (χ4v) is 3.92. The second-order valence-electron chi connectivity index (χ2n) is 7.72. The van der Waals surface area contributed by atoms with Crippen LogP contribution in [0.5, 0.6) is 0 Å². The Balaban J connectivity index is 1.59. The number of aromatic nitrogens is 6. The molecule has 5 aromatic rings. The molecule has 34 heavy (non-hydrogen) atoms. The van der Waals surface area contributed by atoms with Crippen LogP contribution in [-0.2, 0) is 13.6 Å². The van der Waals surface area contributed by atoms with Crippen LogP contribution in [0.4, 0.5) is 17.5 Å². The van der Waals surface area contributed by atoms with Crippen LogP contribution in [0, 0.1) is 0 Å². The van der Waals surface area contributed by atoms with E-state index in [1.807, 2.05) is 62.8 Å². The fourth-order valence-electron chi connectivity index (χ4n) is 3.65. The Bertz CT molecular complexity index is 1480. The molecule has 0 atom stereocenters. The van der Waals surface area contributed by atoms with Crippen LogP contribution in [-0.4, -0.2) is 36.8 Å². The highest BCUT2D eigenvalue weighted by molar-refractivity contribution is 6.35. The Hall–Kier alpha value is -4.24. The summed E-state index contributed by atoms with van der Waals surface area (Å²) in [7, 11) is 3.68. The summed E-state index contributed by atoms with van der Waals surface area (Å²) >= 11 is 6.57. The smallest absolute Gasteiger partial charge is 0.169 e. The first-order chi connectivity index (χ1) is 16.5. The van der Waals surface area contributed by atoms with Gasteiger partial charge in [0.25, 0.3) is 0 Å². The van der Waals surface area contributed by atoms with Gasteiger partial charge < -0.3 is 16.4 Å². The Morgan fingerprint density at radius 2 is 1.94 bits per heavy atom. The number of hydrogen-bond acceptors (Lipinski definition) is 8. The van der Waals surface area contributed by atoms with Gasteiger partial charge in [0.05, 0.1) is 10.5 Å². The third-order valence-electron chi connectivity index (χ3n) is 5.35. The van der Waals surface area contributed by atoms with Crippen molar-refractivity contribution in [1.82, 2.24) is 29.7 Å². The first-order valence-electron chi connectivity index (χ1n) is 10.6. The normalized spacial score (nSPS) is 11.0. The number of pyridine rings is 2. The molecule has 0 bridgehead atoms. The zero-order valence-corrected chi connectivity index (χ0v) is 19.4. The molecular formula is C24H22ClN9. The summed E-state index contributed by atoms with van der Waals surface area (Å²) in [5.74, 6) is 1.54. The molecule has 0 aliphatic carbocycles. The van der Waals surface area contributed by atoms with Crippen LogP contribution in [0.3, 0.4) is 0 Å². The number of halogens is 1. The van der Waals surface area contributed by atoms with Gasteiger partial charge in [-0.3, -0.25) is 9.67 Å². The first kappa shape index (κ1) is 21.6. The molecule has 0 radical (unpaired) electrons. The monoisotopic (exact) mass is 471 g/mol. The third kappa shape index (κ3) is 4.20. The van der Waals surface area contributed by atoms with Crippen molar-refractivity contribution in [3.05, 3.63) is 71.6 Å². The lowest BCUT2D eigenvalue weighted by Crippen LogP contribution is -2.09. The second-order valence-corrected chi connectivity index (χ2v) is 8.12. The van der Waals surface area contributed by atoms with E-state index in [1.54, 1.807) is 17.1 Å². The maximum atomic E-state index is 6.57. The van der Waals surface area contributed by atoms with Crippen molar-refractivity contribution in [1.29, 1.82) is 0 Å². The molecule has 0 saturated heterocycles. The average molecular weight is 472 g/mol. The molecule has 0 amide bonds. The molecule has 9 nitrogen and oxygen atoms in total. The van der Waals surface area contributed by atoms with E-state index >= 15 is 0 Å². The number of benzene rings is 1. The number of aryl methyl sites for hydroxylation is 1. The molecule has 0 spiro atoms. The van der Waals surface area contributed by atoms with E-state index in [9.17, 15) is 0 Å². The second kappa shape index (κ2) is 8.95. The van der Waals surface area contributed by atoms with Crippen LogP contribution in [0.2, 0.25) is 5.02 Å². The van der Waals surface area contributed by atoms with Crippen molar-refractivity contribution < 1.29 is 0 Å². The SMILES string of the molecule is CNc1ccc(CNc2nc(-c3cc(Cl)c4ncccc4c3)c(-c3ccn(C)n3)nc2N)cn1. The molecule has 1 aromatic carbocycles. The standard InChI is InChI=1S/C24H22ClN9/c1-27-19-6-5-14(12-29-19)13-30-24-23(26)31-22(18-7-9-34(2)33-18)21(32-24)16-10-15-4-3-8-28-20(15)17(25)11-16/h3-12H,13H2,1-2H3,(H2,26,31)(H,27,29)(H,30,32). The number of hydrogen-bond donors (Lipinski definition) is 3. The van der Waals surface area contributed by atoms with E-state index in [0.717, 1.165) is 27.8 Å². The maximum absolute atomic E-state index is 6.57. The number of rotatable bonds is 6. The third-order valence-corrected chi connectivity index (χ3v) is 5.64. The lowest BCUT2D eigenvalue weighted by molar-refractivity contribution is 0.770. The first-order valence-corrected chi connectivity index (χ1v) is 11.0. The highest BCUT2D eigenvalue weighted by Crippen LogP contribution is 2.35.